The van der Waals surface area contributed by atoms with Crippen LogP contribution < -0.4 is 10.5 Å². The molecule has 0 saturated carbocycles. The van der Waals surface area contributed by atoms with Crippen molar-refractivity contribution in [1.82, 2.24) is 4.98 Å². The lowest BCUT2D eigenvalue weighted by atomic mass is 9.99. The van der Waals surface area contributed by atoms with Crippen molar-refractivity contribution in [2.24, 2.45) is 0 Å². The van der Waals surface area contributed by atoms with Gasteiger partial charge >= 0.3 is 0 Å². The Morgan fingerprint density at radius 2 is 1.96 bits per heavy atom. The van der Waals surface area contributed by atoms with E-state index in [-0.39, 0.29) is 16.9 Å². The molecule has 0 aliphatic rings. The van der Waals surface area contributed by atoms with E-state index in [2.05, 4.69) is 4.98 Å². The fraction of sp³-hybridized carbons (Fsp3) is 0.211. The van der Waals surface area contributed by atoms with Crippen LogP contribution in [0.5, 0.6) is 5.75 Å². The van der Waals surface area contributed by atoms with Gasteiger partial charge in [-0.2, -0.15) is 0 Å². The van der Waals surface area contributed by atoms with Gasteiger partial charge in [-0.25, -0.2) is 0 Å². The average Bonchev–Trinajstić information content (AvgIpc) is 2.53. The number of aryl methyl sites for hydroxylation is 1. The molecule has 1 heterocycles. The van der Waals surface area contributed by atoms with Crippen LogP contribution in [-0.4, -0.2) is 24.2 Å². The molecule has 2 aromatic carbocycles. The zero-order valence-electron chi connectivity index (χ0n) is 13.9. The highest BCUT2D eigenvalue weighted by Crippen LogP contribution is 2.36. The summed E-state index contributed by atoms with van der Waals surface area (Å²) in [5, 5.41) is 12.0. The molecule has 24 heavy (non-hydrogen) atoms. The molecule has 0 aliphatic heterocycles. The molecule has 5 heteroatoms. The Kier molecular flexibility index (Phi) is 4.24. The molecule has 0 unspecified atom stereocenters. The third-order valence-corrected chi connectivity index (χ3v) is 4.38. The van der Waals surface area contributed by atoms with Gasteiger partial charge in [-0.05, 0) is 41.8 Å². The number of fused-ring (bicyclic) bond motifs is 1. The van der Waals surface area contributed by atoms with Gasteiger partial charge in [0.1, 0.15) is 5.75 Å². The topological polar surface area (TPSA) is 56.3 Å². The van der Waals surface area contributed by atoms with Crippen molar-refractivity contribution in [3.05, 3.63) is 57.3 Å². The molecule has 4 nitrogen and oxygen atoms in total. The first-order chi connectivity index (χ1) is 11.4. The quantitative estimate of drug-likeness (QED) is 0.750. The van der Waals surface area contributed by atoms with E-state index in [1.807, 2.05) is 56.3 Å². The van der Waals surface area contributed by atoms with Crippen LogP contribution in [0.3, 0.4) is 0 Å². The van der Waals surface area contributed by atoms with Crippen LogP contribution in [-0.2, 0) is 6.42 Å². The molecule has 0 amide bonds. The minimum atomic E-state index is -0.333. The summed E-state index contributed by atoms with van der Waals surface area (Å²) >= 11 is 6.11. The Labute approximate surface area is 145 Å². The Bertz CT molecular complexity index is 977. The number of hydrogen-bond donors (Lipinski definition) is 2. The molecular formula is C19H19ClN2O2. The van der Waals surface area contributed by atoms with Gasteiger partial charge in [0.2, 0.25) is 0 Å². The summed E-state index contributed by atoms with van der Waals surface area (Å²) in [6, 6.07) is 11.0. The first-order valence-corrected chi connectivity index (χ1v) is 8.15. The van der Waals surface area contributed by atoms with Crippen molar-refractivity contribution < 1.29 is 5.11 Å². The van der Waals surface area contributed by atoms with Crippen LogP contribution in [0.2, 0.25) is 5.02 Å². The van der Waals surface area contributed by atoms with Crippen molar-refractivity contribution >= 4 is 28.2 Å². The first kappa shape index (κ1) is 16.4. The molecule has 0 fully saturated rings. The third-order valence-electron chi connectivity index (χ3n) is 4.17. The SMILES string of the molecule is CCc1cc(Cl)cc2[nH]c(=O)c(-c3cccc(N(C)C)c3)c(O)c12. The number of nitrogens with one attached hydrogen (secondary N) is 1. The number of nitrogens with zero attached hydrogens (tertiary/aromatic N) is 1. The Balaban J connectivity index is 2.35. The summed E-state index contributed by atoms with van der Waals surface area (Å²) in [7, 11) is 3.86. The predicted octanol–water partition coefficient (Wildman–Crippen LogP) is 4.18. The minimum Gasteiger partial charge on any atom is -0.506 e. The monoisotopic (exact) mass is 342 g/mol. The average molecular weight is 343 g/mol. The first-order valence-electron chi connectivity index (χ1n) is 7.77. The lowest BCUT2D eigenvalue weighted by Crippen LogP contribution is -2.11. The Morgan fingerprint density at radius 3 is 2.62 bits per heavy atom. The minimum absolute atomic E-state index is 0.00169. The second-order valence-electron chi connectivity index (χ2n) is 5.96. The van der Waals surface area contributed by atoms with E-state index in [1.165, 1.54) is 0 Å². The third kappa shape index (κ3) is 2.74. The molecule has 1 aromatic heterocycles. The molecule has 124 valence electrons. The Hall–Kier alpha value is -2.46. The van der Waals surface area contributed by atoms with Crippen molar-refractivity contribution in [2.45, 2.75) is 13.3 Å². The van der Waals surface area contributed by atoms with Gasteiger partial charge in [-0.1, -0.05) is 30.7 Å². The van der Waals surface area contributed by atoms with Gasteiger partial charge in [0.25, 0.3) is 5.56 Å². The smallest absolute Gasteiger partial charge is 0.260 e. The van der Waals surface area contributed by atoms with Crippen LogP contribution in [0.4, 0.5) is 5.69 Å². The number of rotatable bonds is 3. The number of benzene rings is 2. The van der Waals surface area contributed by atoms with Gasteiger partial charge in [0, 0.05) is 30.2 Å². The molecule has 0 saturated heterocycles. The van der Waals surface area contributed by atoms with Gasteiger partial charge < -0.3 is 15.0 Å². The standard InChI is InChI=1S/C19H19ClN2O2/c1-4-11-8-13(20)10-15-16(11)18(23)17(19(24)21-15)12-6-5-7-14(9-12)22(2)3/h5-10H,4H2,1-3H3,(H2,21,23,24). The van der Waals surface area contributed by atoms with Crippen molar-refractivity contribution in [3.63, 3.8) is 0 Å². The van der Waals surface area contributed by atoms with Crippen molar-refractivity contribution in [3.8, 4) is 16.9 Å². The van der Waals surface area contributed by atoms with Crippen LogP contribution in [0.25, 0.3) is 22.0 Å². The predicted molar refractivity (Wildman–Crippen MR) is 100 cm³/mol. The highest BCUT2D eigenvalue weighted by Gasteiger charge is 2.17. The summed E-state index contributed by atoms with van der Waals surface area (Å²) in [6.07, 6.45) is 0.702. The molecule has 0 aliphatic carbocycles. The van der Waals surface area contributed by atoms with Crippen LogP contribution in [0.1, 0.15) is 12.5 Å². The van der Waals surface area contributed by atoms with Crippen LogP contribution >= 0.6 is 11.6 Å². The van der Waals surface area contributed by atoms with E-state index >= 15 is 0 Å². The highest BCUT2D eigenvalue weighted by atomic mass is 35.5. The number of aromatic hydroxyl groups is 1. The van der Waals surface area contributed by atoms with Gasteiger partial charge in [-0.15, -0.1) is 0 Å². The van der Waals surface area contributed by atoms with Gasteiger partial charge in [0.15, 0.2) is 0 Å². The Morgan fingerprint density at radius 1 is 1.21 bits per heavy atom. The van der Waals surface area contributed by atoms with Crippen molar-refractivity contribution in [2.75, 3.05) is 19.0 Å². The van der Waals surface area contributed by atoms with E-state index < -0.39 is 0 Å². The molecule has 0 atom stereocenters. The molecule has 0 bridgehead atoms. The van der Waals surface area contributed by atoms with E-state index in [9.17, 15) is 9.90 Å². The second kappa shape index (κ2) is 6.21. The maximum absolute atomic E-state index is 12.6. The van der Waals surface area contributed by atoms with E-state index in [0.717, 1.165) is 11.3 Å². The number of H-pyrrole nitrogens is 1. The van der Waals surface area contributed by atoms with Crippen molar-refractivity contribution in [1.29, 1.82) is 0 Å². The summed E-state index contributed by atoms with van der Waals surface area (Å²) in [5.74, 6) is -0.00169. The van der Waals surface area contributed by atoms with Gasteiger partial charge in [-0.3, -0.25) is 4.79 Å². The fourth-order valence-corrected chi connectivity index (χ4v) is 3.19. The van der Waals surface area contributed by atoms with E-state index in [0.29, 0.717) is 27.9 Å². The summed E-state index contributed by atoms with van der Waals surface area (Å²) in [4.78, 5) is 17.4. The maximum atomic E-state index is 12.6. The van der Waals surface area contributed by atoms with E-state index in [4.69, 9.17) is 11.6 Å². The lowest BCUT2D eigenvalue weighted by Gasteiger charge is -2.15. The number of aromatic amines is 1. The largest absolute Gasteiger partial charge is 0.506 e. The number of pyridine rings is 1. The normalized spacial score (nSPS) is 11.0. The molecule has 2 N–H and O–H groups in total. The maximum Gasteiger partial charge on any atom is 0.260 e. The highest BCUT2D eigenvalue weighted by molar-refractivity contribution is 6.31. The summed E-state index contributed by atoms with van der Waals surface area (Å²) < 4.78 is 0. The second-order valence-corrected chi connectivity index (χ2v) is 6.40. The molecule has 3 rings (SSSR count). The molecule has 0 spiro atoms. The number of hydrogen-bond acceptors (Lipinski definition) is 3. The number of anilines is 1. The van der Waals surface area contributed by atoms with Crippen LogP contribution in [0.15, 0.2) is 41.2 Å². The fourth-order valence-electron chi connectivity index (χ4n) is 2.95. The summed E-state index contributed by atoms with van der Waals surface area (Å²) in [5.41, 5.74) is 3.03. The molecule has 0 radical (unpaired) electrons. The zero-order chi connectivity index (χ0) is 17.4. The number of aromatic nitrogens is 1. The van der Waals surface area contributed by atoms with Gasteiger partial charge in [0.05, 0.1) is 11.1 Å². The zero-order valence-corrected chi connectivity index (χ0v) is 14.6. The summed E-state index contributed by atoms with van der Waals surface area (Å²) in [6.45, 7) is 1.99. The van der Waals surface area contributed by atoms with Crippen LogP contribution in [0, 0.1) is 0 Å². The van der Waals surface area contributed by atoms with E-state index in [1.54, 1.807) is 6.07 Å². The molecule has 3 aromatic rings. The number of halogens is 1. The molecular weight excluding hydrogens is 324 g/mol. The lowest BCUT2D eigenvalue weighted by molar-refractivity contribution is 0.482.